The molecule has 1 aromatic heterocycles. The van der Waals surface area contributed by atoms with Gasteiger partial charge in [0.25, 0.3) is 0 Å². The Kier molecular flexibility index (Phi) is 2.65. The van der Waals surface area contributed by atoms with Crippen LogP contribution in [0.4, 0.5) is 0 Å². The van der Waals surface area contributed by atoms with E-state index < -0.39 is 0 Å². The van der Waals surface area contributed by atoms with Crippen molar-refractivity contribution in [1.29, 1.82) is 0 Å². The summed E-state index contributed by atoms with van der Waals surface area (Å²) in [6, 6.07) is 10.3. The van der Waals surface area contributed by atoms with Crippen LogP contribution in [-0.2, 0) is 10.2 Å². The molecule has 1 aliphatic rings. The summed E-state index contributed by atoms with van der Waals surface area (Å²) in [4.78, 5) is 4.58. The smallest absolute Gasteiger partial charge is 0.110 e. The standard InChI is InChI=1S/C13H13BrN2O/c14-12-10(13(6-15)7-17-8-13)5-9-3-1-2-4-11(9)16-12/h1-5H,6-8,15H2. The fourth-order valence-electron chi connectivity index (χ4n) is 2.20. The summed E-state index contributed by atoms with van der Waals surface area (Å²) < 4.78 is 6.20. The first-order valence-corrected chi connectivity index (χ1v) is 6.38. The number of halogens is 1. The zero-order chi connectivity index (χ0) is 11.9. The van der Waals surface area contributed by atoms with E-state index in [0.717, 1.165) is 21.1 Å². The highest BCUT2D eigenvalue weighted by Gasteiger charge is 2.41. The molecule has 1 aromatic carbocycles. The molecule has 0 radical (unpaired) electrons. The van der Waals surface area contributed by atoms with Gasteiger partial charge in [0.1, 0.15) is 4.60 Å². The van der Waals surface area contributed by atoms with Crippen LogP contribution in [0.25, 0.3) is 10.9 Å². The van der Waals surface area contributed by atoms with E-state index in [-0.39, 0.29) is 5.41 Å². The van der Waals surface area contributed by atoms with Crippen molar-refractivity contribution in [2.75, 3.05) is 19.8 Å². The van der Waals surface area contributed by atoms with Gasteiger partial charge in [-0.2, -0.15) is 0 Å². The lowest BCUT2D eigenvalue weighted by atomic mass is 9.79. The van der Waals surface area contributed by atoms with Gasteiger partial charge in [-0.15, -0.1) is 0 Å². The van der Waals surface area contributed by atoms with Crippen molar-refractivity contribution in [2.24, 2.45) is 5.73 Å². The third-order valence-electron chi connectivity index (χ3n) is 3.40. The number of rotatable bonds is 2. The number of nitrogens with zero attached hydrogens (tertiary/aromatic N) is 1. The summed E-state index contributed by atoms with van der Waals surface area (Å²) in [6.45, 7) is 1.95. The average Bonchev–Trinajstić information content (AvgIpc) is 2.29. The van der Waals surface area contributed by atoms with Crippen molar-refractivity contribution in [1.82, 2.24) is 4.98 Å². The quantitative estimate of drug-likeness (QED) is 0.864. The molecule has 4 heteroatoms. The maximum atomic E-state index is 5.89. The van der Waals surface area contributed by atoms with Gasteiger partial charge in [-0.05, 0) is 33.6 Å². The van der Waals surface area contributed by atoms with E-state index in [1.165, 1.54) is 0 Å². The monoisotopic (exact) mass is 292 g/mol. The number of pyridine rings is 1. The fourth-order valence-corrected chi connectivity index (χ4v) is 2.92. The zero-order valence-electron chi connectivity index (χ0n) is 9.32. The molecule has 1 fully saturated rings. The zero-order valence-corrected chi connectivity index (χ0v) is 10.9. The number of nitrogens with two attached hydrogens (primary N) is 1. The second-order valence-electron chi connectivity index (χ2n) is 4.50. The molecule has 2 heterocycles. The van der Waals surface area contributed by atoms with Crippen LogP contribution in [0.5, 0.6) is 0 Å². The van der Waals surface area contributed by atoms with Crippen LogP contribution in [0.15, 0.2) is 34.9 Å². The van der Waals surface area contributed by atoms with Crippen molar-refractivity contribution in [3.05, 3.63) is 40.5 Å². The van der Waals surface area contributed by atoms with Gasteiger partial charge in [0.2, 0.25) is 0 Å². The number of benzene rings is 1. The Morgan fingerprint density at radius 1 is 1.35 bits per heavy atom. The number of ether oxygens (including phenoxy) is 1. The molecule has 1 aliphatic heterocycles. The van der Waals surface area contributed by atoms with Crippen molar-refractivity contribution in [3.63, 3.8) is 0 Å². The van der Waals surface area contributed by atoms with E-state index in [4.69, 9.17) is 10.5 Å². The van der Waals surface area contributed by atoms with Crippen molar-refractivity contribution >= 4 is 26.8 Å². The Hall–Kier alpha value is -0.970. The molecular weight excluding hydrogens is 280 g/mol. The number of hydrogen-bond donors (Lipinski definition) is 1. The molecule has 2 aromatic rings. The predicted octanol–water partition coefficient (Wildman–Crippen LogP) is 2.22. The normalized spacial score (nSPS) is 18.0. The molecule has 0 bridgehead atoms. The molecule has 88 valence electrons. The predicted molar refractivity (Wildman–Crippen MR) is 71.0 cm³/mol. The van der Waals surface area contributed by atoms with Gasteiger partial charge in [0.05, 0.1) is 24.1 Å². The summed E-state index contributed by atoms with van der Waals surface area (Å²) >= 11 is 3.55. The number of hydrogen-bond acceptors (Lipinski definition) is 3. The first-order chi connectivity index (χ1) is 8.25. The molecule has 0 amide bonds. The van der Waals surface area contributed by atoms with Crippen LogP contribution in [0, 0.1) is 0 Å². The van der Waals surface area contributed by atoms with Crippen molar-refractivity contribution < 1.29 is 4.74 Å². The van der Waals surface area contributed by atoms with Crippen LogP contribution < -0.4 is 5.73 Å². The Balaban J connectivity index is 2.19. The molecule has 0 atom stereocenters. The second-order valence-corrected chi connectivity index (χ2v) is 5.25. The highest BCUT2D eigenvalue weighted by atomic mass is 79.9. The highest BCUT2D eigenvalue weighted by Crippen LogP contribution is 2.36. The van der Waals surface area contributed by atoms with Gasteiger partial charge in [-0.1, -0.05) is 18.2 Å². The number of para-hydroxylation sites is 1. The largest absolute Gasteiger partial charge is 0.379 e. The van der Waals surface area contributed by atoms with Crippen LogP contribution in [0.3, 0.4) is 0 Å². The molecule has 3 nitrogen and oxygen atoms in total. The maximum Gasteiger partial charge on any atom is 0.110 e. The molecule has 0 unspecified atom stereocenters. The minimum atomic E-state index is -0.0597. The Morgan fingerprint density at radius 3 is 2.76 bits per heavy atom. The maximum absolute atomic E-state index is 5.89. The third kappa shape index (κ3) is 1.68. The molecule has 0 aliphatic carbocycles. The first-order valence-electron chi connectivity index (χ1n) is 5.59. The minimum Gasteiger partial charge on any atom is -0.379 e. The second kappa shape index (κ2) is 4.05. The topological polar surface area (TPSA) is 48.1 Å². The van der Waals surface area contributed by atoms with E-state index >= 15 is 0 Å². The Morgan fingerprint density at radius 2 is 2.12 bits per heavy atom. The number of aromatic nitrogens is 1. The summed E-state index contributed by atoms with van der Waals surface area (Å²) in [7, 11) is 0. The lowest BCUT2D eigenvalue weighted by molar-refractivity contribution is -0.0554. The van der Waals surface area contributed by atoms with Crippen LogP contribution in [0.2, 0.25) is 0 Å². The third-order valence-corrected chi connectivity index (χ3v) is 4.00. The van der Waals surface area contributed by atoms with Crippen molar-refractivity contribution in [3.8, 4) is 0 Å². The van der Waals surface area contributed by atoms with Gasteiger partial charge >= 0.3 is 0 Å². The summed E-state index contributed by atoms with van der Waals surface area (Å²) in [5.41, 5.74) is 7.98. The van der Waals surface area contributed by atoms with Crippen LogP contribution >= 0.6 is 15.9 Å². The van der Waals surface area contributed by atoms with E-state index in [0.29, 0.717) is 19.8 Å². The average molecular weight is 293 g/mol. The van der Waals surface area contributed by atoms with E-state index in [9.17, 15) is 0 Å². The minimum absolute atomic E-state index is 0.0597. The molecule has 3 rings (SSSR count). The van der Waals surface area contributed by atoms with Crippen molar-refractivity contribution in [2.45, 2.75) is 5.41 Å². The summed E-state index contributed by atoms with van der Waals surface area (Å²) in [6.07, 6.45) is 0. The number of fused-ring (bicyclic) bond motifs is 1. The summed E-state index contributed by atoms with van der Waals surface area (Å²) in [5.74, 6) is 0. The summed E-state index contributed by atoms with van der Waals surface area (Å²) in [5, 5.41) is 1.14. The van der Waals surface area contributed by atoms with Gasteiger partial charge in [0.15, 0.2) is 0 Å². The van der Waals surface area contributed by atoms with Crippen LogP contribution in [0.1, 0.15) is 5.56 Å². The fraction of sp³-hybridized carbons (Fsp3) is 0.308. The first kappa shape index (κ1) is 11.1. The van der Waals surface area contributed by atoms with E-state index in [1.807, 2.05) is 18.2 Å². The molecule has 17 heavy (non-hydrogen) atoms. The Labute approximate surface area is 108 Å². The molecule has 0 saturated carbocycles. The Bertz CT molecular complexity index is 561. The van der Waals surface area contributed by atoms with Crippen LogP contribution in [-0.4, -0.2) is 24.7 Å². The van der Waals surface area contributed by atoms with Gasteiger partial charge < -0.3 is 10.5 Å². The molecule has 2 N–H and O–H groups in total. The SMILES string of the molecule is NCC1(c2cc3ccccc3nc2Br)COC1. The van der Waals surface area contributed by atoms with Gasteiger partial charge in [0, 0.05) is 11.9 Å². The molecule has 0 spiro atoms. The lowest BCUT2D eigenvalue weighted by Crippen LogP contribution is -2.52. The molecule has 1 saturated heterocycles. The van der Waals surface area contributed by atoms with E-state index in [2.05, 4.69) is 33.0 Å². The van der Waals surface area contributed by atoms with Gasteiger partial charge in [-0.25, -0.2) is 4.98 Å². The van der Waals surface area contributed by atoms with E-state index in [1.54, 1.807) is 0 Å². The van der Waals surface area contributed by atoms with Gasteiger partial charge in [-0.3, -0.25) is 0 Å². The lowest BCUT2D eigenvalue weighted by Gasteiger charge is -2.41. The molecular formula is C13H13BrN2O. The highest BCUT2D eigenvalue weighted by molar-refractivity contribution is 9.10.